The first-order chi connectivity index (χ1) is 17.9. The number of aromatic nitrogens is 1. The van der Waals surface area contributed by atoms with Crippen LogP contribution in [0.1, 0.15) is 61.0 Å². The maximum Gasteiger partial charge on any atom is 0.341 e. The number of aliphatic carboxylic acids is 1. The molecular formula is C25H37FN6O7. The topological polar surface area (TPSA) is 242 Å². The van der Waals surface area contributed by atoms with E-state index in [0.717, 1.165) is 12.0 Å². The molecule has 0 saturated carbocycles. The quantitative estimate of drug-likeness (QED) is 0.152. The summed E-state index contributed by atoms with van der Waals surface area (Å²) >= 11 is 0. The fourth-order valence-electron chi connectivity index (χ4n) is 4.86. The number of anilines is 1. The van der Waals surface area contributed by atoms with E-state index in [2.05, 4.69) is 4.99 Å². The van der Waals surface area contributed by atoms with Crippen molar-refractivity contribution in [2.75, 3.05) is 24.5 Å². The van der Waals surface area contributed by atoms with Crippen LogP contribution in [0, 0.1) is 5.82 Å². The van der Waals surface area contributed by atoms with Crippen LogP contribution in [-0.4, -0.2) is 75.0 Å². The highest BCUT2D eigenvalue weighted by atomic mass is 19.1. The fourth-order valence-corrected chi connectivity index (χ4v) is 4.86. The van der Waals surface area contributed by atoms with Gasteiger partial charge in [-0.1, -0.05) is 0 Å². The van der Waals surface area contributed by atoms with Gasteiger partial charge in [-0.05, 0) is 51.5 Å². The van der Waals surface area contributed by atoms with Gasteiger partial charge in [0.25, 0.3) is 0 Å². The molecule has 0 unspecified atom stereocenters. The third-order valence-electron chi connectivity index (χ3n) is 6.92. The average molecular weight is 553 g/mol. The molecule has 13 nitrogen and oxygen atoms in total. The number of guanidine groups is 1. The minimum Gasteiger partial charge on any atom is -0.480 e. The van der Waals surface area contributed by atoms with E-state index in [1.54, 1.807) is 4.57 Å². The summed E-state index contributed by atoms with van der Waals surface area (Å²) in [4.78, 5) is 39.9. The summed E-state index contributed by atoms with van der Waals surface area (Å²) in [5.74, 6) is -2.78. The van der Waals surface area contributed by atoms with Crippen LogP contribution < -0.4 is 27.5 Å². The summed E-state index contributed by atoms with van der Waals surface area (Å²) in [6.45, 7) is 3.51. The first-order valence-electron chi connectivity index (χ1n) is 12.5. The van der Waals surface area contributed by atoms with Crippen molar-refractivity contribution >= 4 is 34.5 Å². The van der Waals surface area contributed by atoms with E-state index in [4.69, 9.17) is 22.3 Å². The Morgan fingerprint density at radius 2 is 1.85 bits per heavy atom. The lowest BCUT2D eigenvalue weighted by molar-refractivity contribution is -0.138. The Kier molecular flexibility index (Phi) is 10.8. The van der Waals surface area contributed by atoms with E-state index >= 15 is 4.39 Å². The third-order valence-corrected chi connectivity index (χ3v) is 6.92. The van der Waals surface area contributed by atoms with Crippen LogP contribution >= 0.6 is 0 Å². The van der Waals surface area contributed by atoms with Crippen molar-refractivity contribution < 1.29 is 34.8 Å². The smallest absolute Gasteiger partial charge is 0.341 e. The molecule has 0 spiro atoms. The van der Waals surface area contributed by atoms with Crippen molar-refractivity contribution in [2.24, 2.45) is 22.2 Å². The number of carboxylic acid groups (broad SMARTS) is 2. The number of aliphatic imine (C=N–C) groups is 1. The van der Waals surface area contributed by atoms with Crippen LogP contribution in [0.5, 0.6) is 0 Å². The molecule has 2 aromatic rings. The highest BCUT2D eigenvalue weighted by Gasteiger charge is 2.30. The van der Waals surface area contributed by atoms with Crippen LogP contribution in [0.3, 0.4) is 0 Å². The second-order valence-electron chi connectivity index (χ2n) is 9.67. The number of pyridine rings is 1. The number of aryl methyl sites for hydroxylation is 1. The average Bonchev–Trinajstić information content (AvgIpc) is 2.85. The summed E-state index contributed by atoms with van der Waals surface area (Å²) in [6, 6.07) is 0.395. The number of benzene rings is 1. The highest BCUT2D eigenvalue weighted by molar-refractivity contribution is 5.95. The molecule has 2 aliphatic rings. The minimum absolute atomic E-state index is 0. The Labute approximate surface area is 224 Å². The number of rotatable bonds is 7. The normalized spacial score (nSPS) is 17.4. The number of aliphatic hydroxyl groups excluding tert-OH is 1. The standard InChI is InChI=1S/C19H21FN2O4.C6H14N4O2.H2O/c1-10-2-3-12-16-13(18(24)14(19(25)26)9-22(10)16)8-15(20)17(12)21-6-4-11(23)5-7-21;7-4(5(11)12)2-1-3-10-6(8)9;/h8-11,23H,2-7H2,1H3,(H,25,26);4H,1-3,7H2,(H,11,12)(H4,8,9,10);1H2/t10-;4-;/m00./s1. The summed E-state index contributed by atoms with van der Waals surface area (Å²) in [6.07, 6.45) is 4.53. The van der Waals surface area contributed by atoms with Crippen molar-refractivity contribution in [3.63, 3.8) is 0 Å². The largest absolute Gasteiger partial charge is 0.480 e. The molecular weight excluding hydrogens is 515 g/mol. The number of carbonyl (C=O) groups is 2. The van der Waals surface area contributed by atoms with Gasteiger partial charge in [-0.2, -0.15) is 0 Å². The summed E-state index contributed by atoms with van der Waals surface area (Å²) in [7, 11) is 0. The molecule has 1 aromatic heterocycles. The Morgan fingerprint density at radius 3 is 2.41 bits per heavy atom. The molecule has 1 fully saturated rings. The first-order valence-corrected chi connectivity index (χ1v) is 12.5. The maximum absolute atomic E-state index is 15.0. The molecule has 39 heavy (non-hydrogen) atoms. The van der Waals surface area contributed by atoms with E-state index in [1.807, 2.05) is 11.8 Å². The van der Waals surface area contributed by atoms with Gasteiger partial charge in [-0.3, -0.25) is 14.6 Å². The van der Waals surface area contributed by atoms with Crippen LogP contribution in [0.2, 0.25) is 0 Å². The molecule has 14 heteroatoms. The van der Waals surface area contributed by atoms with Crippen molar-refractivity contribution in [1.82, 2.24) is 4.57 Å². The molecule has 11 N–H and O–H groups in total. The Morgan fingerprint density at radius 1 is 1.21 bits per heavy atom. The molecule has 216 valence electrons. The molecule has 2 atom stereocenters. The van der Waals surface area contributed by atoms with Crippen LogP contribution in [0.15, 0.2) is 22.1 Å². The molecule has 0 aliphatic carbocycles. The zero-order valence-electron chi connectivity index (χ0n) is 21.8. The Hall–Kier alpha value is -3.75. The Balaban J connectivity index is 0.000000352. The highest BCUT2D eigenvalue weighted by Crippen LogP contribution is 2.38. The predicted octanol–water partition coefficient (Wildman–Crippen LogP) is -0.0657. The van der Waals surface area contributed by atoms with Gasteiger partial charge < -0.3 is 47.5 Å². The van der Waals surface area contributed by atoms with Gasteiger partial charge in [-0.15, -0.1) is 0 Å². The second kappa shape index (κ2) is 13.4. The van der Waals surface area contributed by atoms with Crippen molar-refractivity contribution in [2.45, 2.75) is 63.6 Å². The van der Waals surface area contributed by atoms with Gasteiger partial charge in [0.2, 0.25) is 5.43 Å². The van der Waals surface area contributed by atoms with E-state index in [1.165, 1.54) is 12.3 Å². The molecule has 3 heterocycles. The van der Waals surface area contributed by atoms with Gasteiger partial charge in [0.15, 0.2) is 5.96 Å². The van der Waals surface area contributed by atoms with Crippen LogP contribution in [0.25, 0.3) is 10.9 Å². The molecule has 0 bridgehead atoms. The number of aromatic carboxylic acids is 1. The number of nitrogens with two attached hydrogens (primary N) is 3. The van der Waals surface area contributed by atoms with Crippen molar-refractivity contribution in [3.05, 3.63) is 39.4 Å². The minimum atomic E-state index is -1.30. The number of carboxylic acids is 2. The number of aliphatic hydroxyl groups is 1. The number of piperidine rings is 1. The molecule has 1 saturated heterocycles. The molecule has 4 rings (SSSR count). The van der Waals surface area contributed by atoms with Crippen molar-refractivity contribution in [3.8, 4) is 0 Å². The lowest BCUT2D eigenvalue weighted by Gasteiger charge is -2.36. The second-order valence-corrected chi connectivity index (χ2v) is 9.67. The predicted molar refractivity (Wildman–Crippen MR) is 145 cm³/mol. The zero-order chi connectivity index (χ0) is 28.1. The maximum atomic E-state index is 15.0. The van der Waals surface area contributed by atoms with Gasteiger partial charge >= 0.3 is 11.9 Å². The van der Waals surface area contributed by atoms with Gasteiger partial charge in [0.1, 0.15) is 17.4 Å². The van der Waals surface area contributed by atoms with E-state index in [9.17, 15) is 24.6 Å². The van der Waals surface area contributed by atoms with Gasteiger partial charge in [-0.25, -0.2) is 9.18 Å². The van der Waals surface area contributed by atoms with E-state index in [-0.39, 0.29) is 34.5 Å². The number of nitrogens with zero attached hydrogens (tertiary/aromatic N) is 3. The molecule has 0 amide bonds. The van der Waals surface area contributed by atoms with Gasteiger partial charge in [0.05, 0.1) is 17.3 Å². The summed E-state index contributed by atoms with van der Waals surface area (Å²) < 4.78 is 16.8. The summed E-state index contributed by atoms with van der Waals surface area (Å²) in [5.41, 5.74) is 16.3. The Bertz CT molecular complexity index is 1290. The molecule has 0 radical (unpaired) electrons. The lowest BCUT2D eigenvalue weighted by Crippen LogP contribution is -2.37. The number of hydrogen-bond acceptors (Lipinski definition) is 7. The fraction of sp³-hybridized carbons (Fsp3) is 0.520. The van der Waals surface area contributed by atoms with Crippen LogP contribution in [-0.2, 0) is 11.2 Å². The lowest BCUT2D eigenvalue weighted by atomic mass is 9.93. The van der Waals surface area contributed by atoms with Crippen LogP contribution in [0.4, 0.5) is 10.1 Å². The first kappa shape index (κ1) is 31.5. The third kappa shape index (κ3) is 7.22. The monoisotopic (exact) mass is 552 g/mol. The zero-order valence-corrected chi connectivity index (χ0v) is 21.8. The van der Waals surface area contributed by atoms with E-state index in [0.29, 0.717) is 62.9 Å². The SMILES string of the molecule is C[C@H]1CCc2c(N3CCC(O)CC3)c(F)cc3c(=O)c(C(=O)O)cn1c23.NC(N)=NCCC[C@H](N)C(=O)O.O. The number of hydrogen-bond donors (Lipinski definition) is 6. The van der Waals surface area contributed by atoms with Crippen molar-refractivity contribution in [1.29, 1.82) is 0 Å². The van der Waals surface area contributed by atoms with Gasteiger partial charge in [0, 0.05) is 42.8 Å². The van der Waals surface area contributed by atoms with E-state index < -0.39 is 29.2 Å². The number of halogens is 1. The summed E-state index contributed by atoms with van der Waals surface area (Å²) in [5, 5.41) is 27.6. The molecule has 2 aliphatic heterocycles. The molecule has 1 aromatic carbocycles.